The molecule has 2 aliphatic heterocycles. The van der Waals surface area contributed by atoms with Crippen molar-refractivity contribution in [1.82, 2.24) is 0 Å². The fraction of sp³-hybridized carbons (Fsp3) is 0.741. The lowest BCUT2D eigenvalue weighted by molar-refractivity contribution is 0.414. The summed E-state index contributed by atoms with van der Waals surface area (Å²) in [5.74, 6) is 1.54. The number of hydrogen-bond acceptors (Lipinski definition) is 3. The molecule has 0 radical (unpaired) electrons. The molecule has 0 saturated heterocycles. The third-order valence-corrected chi connectivity index (χ3v) is 7.02. The number of nitrogens with zero attached hydrogens (tertiary/aromatic N) is 1. The van der Waals surface area contributed by atoms with Crippen molar-refractivity contribution in [3.63, 3.8) is 0 Å². The van der Waals surface area contributed by atoms with Crippen molar-refractivity contribution < 1.29 is 4.74 Å². The molecule has 2 aliphatic rings. The number of benzene rings is 1. The smallest absolute Gasteiger partial charge is 0.119 e. The average molecular weight is 413 g/mol. The van der Waals surface area contributed by atoms with Crippen LogP contribution in [0.2, 0.25) is 0 Å². The predicted octanol–water partition coefficient (Wildman–Crippen LogP) is 7.90. The van der Waals surface area contributed by atoms with Gasteiger partial charge in [-0.2, -0.15) is 0 Å². The fourth-order valence-corrected chi connectivity index (χ4v) is 5.20. The highest BCUT2D eigenvalue weighted by atomic mass is 16.5. The highest BCUT2D eigenvalue weighted by molar-refractivity contribution is 5.95. The van der Waals surface area contributed by atoms with Gasteiger partial charge in [0.15, 0.2) is 0 Å². The maximum absolute atomic E-state index is 5.44. The van der Waals surface area contributed by atoms with Crippen LogP contribution in [0.25, 0.3) is 0 Å². The van der Waals surface area contributed by atoms with Gasteiger partial charge in [0.1, 0.15) is 5.75 Å². The van der Waals surface area contributed by atoms with Gasteiger partial charge in [0.05, 0.1) is 13.2 Å². The summed E-state index contributed by atoms with van der Waals surface area (Å²) >= 11 is 0. The average Bonchev–Trinajstić information content (AvgIpc) is 3.15. The molecule has 0 saturated carbocycles. The quantitative estimate of drug-likeness (QED) is 0.297. The Kier molecular flexibility index (Phi) is 10.1. The lowest BCUT2D eigenvalue weighted by Crippen LogP contribution is -2.34. The zero-order chi connectivity index (χ0) is 21.0. The van der Waals surface area contributed by atoms with Gasteiger partial charge in [0.25, 0.3) is 0 Å². The summed E-state index contributed by atoms with van der Waals surface area (Å²) in [6.45, 7) is 3.27. The Bertz CT molecular complexity index is 654. The molecule has 0 fully saturated rings. The van der Waals surface area contributed by atoms with Crippen molar-refractivity contribution in [3.8, 4) is 5.75 Å². The van der Waals surface area contributed by atoms with E-state index < -0.39 is 0 Å². The van der Waals surface area contributed by atoms with Crippen molar-refractivity contribution in [1.29, 1.82) is 0 Å². The molecule has 0 unspecified atom stereocenters. The van der Waals surface area contributed by atoms with Crippen molar-refractivity contribution in [2.45, 2.75) is 115 Å². The lowest BCUT2D eigenvalue weighted by Gasteiger charge is -2.26. The third kappa shape index (κ3) is 6.75. The van der Waals surface area contributed by atoms with Crippen LogP contribution in [0.1, 0.15) is 115 Å². The zero-order valence-electron chi connectivity index (χ0n) is 19.6. The van der Waals surface area contributed by atoms with Gasteiger partial charge in [-0.15, -0.1) is 0 Å². The molecule has 0 spiro atoms. The number of rotatable bonds is 15. The Hall–Kier alpha value is -1.51. The van der Waals surface area contributed by atoms with E-state index in [1.54, 1.807) is 7.11 Å². The summed E-state index contributed by atoms with van der Waals surface area (Å²) < 4.78 is 5.44. The zero-order valence-corrected chi connectivity index (χ0v) is 19.6. The first-order valence-electron chi connectivity index (χ1n) is 12.8. The summed E-state index contributed by atoms with van der Waals surface area (Å²) in [5, 5.41) is 3.75. The third-order valence-electron chi connectivity index (χ3n) is 7.02. The second kappa shape index (κ2) is 13.0. The van der Waals surface area contributed by atoms with Gasteiger partial charge in [-0.25, -0.2) is 0 Å². The maximum atomic E-state index is 5.44. The largest absolute Gasteiger partial charge is 0.497 e. The van der Waals surface area contributed by atoms with Crippen LogP contribution in [0, 0.1) is 0 Å². The summed E-state index contributed by atoms with van der Waals surface area (Å²) in [6.07, 6.45) is 20.7. The molecule has 168 valence electrons. The van der Waals surface area contributed by atoms with E-state index >= 15 is 0 Å². The Labute approximate surface area is 185 Å². The van der Waals surface area contributed by atoms with E-state index in [1.165, 1.54) is 100 Å². The Morgan fingerprint density at radius 2 is 1.53 bits per heavy atom. The van der Waals surface area contributed by atoms with Crippen molar-refractivity contribution in [2.75, 3.05) is 19.0 Å². The highest BCUT2D eigenvalue weighted by Gasteiger charge is 2.37. The first-order chi connectivity index (χ1) is 14.8. The van der Waals surface area contributed by atoms with Crippen LogP contribution in [0.3, 0.4) is 0 Å². The van der Waals surface area contributed by atoms with Crippen molar-refractivity contribution in [3.05, 3.63) is 23.8 Å². The molecule has 1 aromatic carbocycles. The molecule has 0 aromatic heterocycles. The predicted molar refractivity (Wildman–Crippen MR) is 130 cm³/mol. The Balaban J connectivity index is 1.25. The summed E-state index contributed by atoms with van der Waals surface area (Å²) in [6, 6.07) is 6.88. The number of fused-ring (bicyclic) bond motifs is 3. The molecule has 0 amide bonds. The molecule has 0 bridgehead atoms. The number of nitrogens with one attached hydrogen (secondary N) is 1. The second-order valence-corrected chi connectivity index (χ2v) is 9.34. The maximum Gasteiger partial charge on any atom is 0.119 e. The molecule has 2 atom stereocenters. The van der Waals surface area contributed by atoms with Gasteiger partial charge in [0, 0.05) is 23.9 Å². The molecular weight excluding hydrogens is 368 g/mol. The minimum absolute atomic E-state index is 0.415. The van der Waals surface area contributed by atoms with Crippen LogP contribution in [-0.2, 0) is 0 Å². The normalized spacial score (nSPS) is 19.7. The highest BCUT2D eigenvalue weighted by Crippen LogP contribution is 2.42. The van der Waals surface area contributed by atoms with Crippen molar-refractivity contribution >= 4 is 11.4 Å². The molecule has 0 aliphatic carbocycles. The molecule has 30 heavy (non-hydrogen) atoms. The van der Waals surface area contributed by atoms with E-state index in [-0.39, 0.29) is 0 Å². The van der Waals surface area contributed by atoms with Crippen LogP contribution >= 0.6 is 0 Å². The van der Waals surface area contributed by atoms with E-state index in [0.29, 0.717) is 12.0 Å². The summed E-state index contributed by atoms with van der Waals surface area (Å²) in [7, 11) is 1.75. The number of methoxy groups -OCH3 is 1. The molecule has 1 N–H and O–H groups in total. The van der Waals surface area contributed by atoms with Crippen LogP contribution < -0.4 is 10.1 Å². The number of aliphatic imine (C=N–C) groups is 1. The minimum atomic E-state index is 0.415. The topological polar surface area (TPSA) is 33.6 Å². The molecule has 1 aromatic rings. The standard InChI is InChI=1S/C27H44N2O/c1-3-4-5-6-7-8-9-10-11-12-13-14-15-16-26-27-23(19-20-28-26)24-21-22(30-2)17-18-25(24)29-27/h17-18,21,23,27,29H,3-16,19-20H2,1-2H3/t23-,27+/m0/s1. The number of unbranched alkanes of at least 4 members (excludes halogenated alkanes) is 12. The number of ether oxygens (including phenoxy) is 1. The van der Waals surface area contributed by atoms with E-state index in [9.17, 15) is 0 Å². The van der Waals surface area contributed by atoms with E-state index in [0.717, 1.165) is 25.1 Å². The lowest BCUT2D eigenvalue weighted by atomic mass is 9.85. The molecule has 3 rings (SSSR count). The van der Waals surface area contributed by atoms with Crippen LogP contribution in [0.15, 0.2) is 23.2 Å². The van der Waals surface area contributed by atoms with E-state index in [4.69, 9.17) is 9.73 Å². The van der Waals surface area contributed by atoms with Gasteiger partial charge in [-0.3, -0.25) is 4.99 Å². The van der Waals surface area contributed by atoms with Crippen LogP contribution in [0.4, 0.5) is 5.69 Å². The Morgan fingerprint density at radius 1 is 0.900 bits per heavy atom. The van der Waals surface area contributed by atoms with Crippen molar-refractivity contribution in [2.24, 2.45) is 4.99 Å². The monoisotopic (exact) mass is 412 g/mol. The SMILES string of the molecule is CCCCCCCCCCCCCCCC1=NCC[C@H]2c3cc(OC)ccc3N[C@@H]12. The second-order valence-electron chi connectivity index (χ2n) is 9.34. The molecule has 3 heteroatoms. The van der Waals surface area contributed by atoms with Gasteiger partial charge in [-0.1, -0.05) is 84.0 Å². The van der Waals surface area contributed by atoms with Gasteiger partial charge in [0.2, 0.25) is 0 Å². The summed E-state index contributed by atoms with van der Waals surface area (Å²) in [4.78, 5) is 4.91. The van der Waals surface area contributed by atoms with E-state index in [2.05, 4.69) is 30.4 Å². The van der Waals surface area contributed by atoms with Crippen LogP contribution in [0.5, 0.6) is 5.75 Å². The number of hydrogen-bond donors (Lipinski definition) is 1. The van der Waals surface area contributed by atoms with Gasteiger partial charge >= 0.3 is 0 Å². The first kappa shape index (κ1) is 23.2. The molecule has 2 heterocycles. The number of anilines is 1. The molecular formula is C27H44N2O. The minimum Gasteiger partial charge on any atom is -0.497 e. The van der Waals surface area contributed by atoms with Gasteiger partial charge < -0.3 is 10.1 Å². The van der Waals surface area contributed by atoms with Crippen LogP contribution in [-0.4, -0.2) is 25.4 Å². The Morgan fingerprint density at radius 3 is 2.17 bits per heavy atom. The van der Waals surface area contributed by atoms with Gasteiger partial charge in [-0.05, 0) is 43.0 Å². The van der Waals surface area contributed by atoms with E-state index in [1.807, 2.05) is 0 Å². The first-order valence-corrected chi connectivity index (χ1v) is 12.8. The summed E-state index contributed by atoms with van der Waals surface area (Å²) in [5.41, 5.74) is 4.12. The molecule has 3 nitrogen and oxygen atoms in total. The fourth-order valence-electron chi connectivity index (χ4n) is 5.20.